The highest BCUT2D eigenvalue weighted by molar-refractivity contribution is 14.1. The van der Waals surface area contributed by atoms with Crippen LogP contribution in [-0.4, -0.2) is 9.58 Å². The zero-order valence-corrected chi connectivity index (χ0v) is 9.24. The van der Waals surface area contributed by atoms with Gasteiger partial charge in [-0.3, -0.25) is 0 Å². The predicted molar refractivity (Wildman–Crippen MR) is 56.3 cm³/mol. The van der Waals surface area contributed by atoms with Crippen LogP contribution in [0.4, 0.5) is 0 Å². The van der Waals surface area contributed by atoms with Gasteiger partial charge >= 0.3 is 0 Å². The van der Waals surface area contributed by atoms with Gasteiger partial charge in [-0.25, -0.2) is 0 Å². The van der Waals surface area contributed by atoms with E-state index in [1.165, 1.54) is 0 Å². The Labute approximate surface area is 85.8 Å². The lowest BCUT2D eigenvalue weighted by Crippen LogP contribution is -1.98. The topological polar surface area (TPSA) is 52.0 Å². The minimum Gasteiger partial charge on any atom is -0.360 e. The van der Waals surface area contributed by atoms with E-state index in [0.29, 0.717) is 12.5 Å². The van der Waals surface area contributed by atoms with E-state index in [4.69, 9.17) is 10.3 Å². The van der Waals surface area contributed by atoms with E-state index >= 15 is 0 Å². The molecule has 0 spiro atoms. The third-order valence-corrected chi connectivity index (χ3v) is 2.94. The van der Waals surface area contributed by atoms with E-state index < -0.39 is 0 Å². The lowest BCUT2D eigenvalue weighted by molar-refractivity contribution is 0.375. The van der Waals surface area contributed by atoms with Gasteiger partial charge in [-0.2, -0.15) is 0 Å². The van der Waals surface area contributed by atoms with Crippen LogP contribution in [-0.2, 0) is 6.54 Å². The molecule has 0 saturated carbocycles. The fourth-order valence-electron chi connectivity index (χ4n) is 1.01. The molecule has 0 saturated heterocycles. The number of alkyl halides is 1. The van der Waals surface area contributed by atoms with Gasteiger partial charge in [0.15, 0.2) is 5.76 Å². The molecule has 0 aliphatic rings. The highest BCUT2D eigenvalue weighted by Gasteiger charge is 2.12. The molecule has 2 N–H and O–H groups in total. The summed E-state index contributed by atoms with van der Waals surface area (Å²) in [5.41, 5.74) is 6.45. The molecule has 68 valence electrons. The molecule has 0 aliphatic carbocycles. The predicted octanol–water partition coefficient (Wildman–Crippen LogP) is 2.06. The largest absolute Gasteiger partial charge is 0.360 e. The maximum absolute atomic E-state index is 5.41. The van der Waals surface area contributed by atoms with Crippen LogP contribution < -0.4 is 5.73 Å². The Morgan fingerprint density at radius 3 is 2.92 bits per heavy atom. The molecular weight excluding hydrogens is 267 g/mol. The summed E-state index contributed by atoms with van der Waals surface area (Å²) in [5.74, 6) is 1.28. The molecule has 0 aromatic carbocycles. The molecule has 0 aliphatic heterocycles. The molecule has 4 heteroatoms. The van der Waals surface area contributed by atoms with Crippen molar-refractivity contribution < 1.29 is 4.52 Å². The molecule has 1 aromatic heterocycles. The van der Waals surface area contributed by atoms with Crippen LogP contribution in [0.1, 0.15) is 30.7 Å². The Bertz CT molecular complexity index is 233. The molecule has 0 bridgehead atoms. The van der Waals surface area contributed by atoms with Crippen molar-refractivity contribution in [3.63, 3.8) is 0 Å². The van der Waals surface area contributed by atoms with E-state index in [1.807, 2.05) is 6.07 Å². The first-order valence-corrected chi connectivity index (χ1v) is 5.55. The molecule has 1 atom stereocenters. The lowest BCUT2D eigenvalue weighted by Gasteiger charge is -2.04. The Kier molecular flexibility index (Phi) is 4.00. The number of halogens is 1. The van der Waals surface area contributed by atoms with Gasteiger partial charge < -0.3 is 10.3 Å². The number of nitrogens with two attached hydrogens (primary N) is 1. The summed E-state index contributed by atoms with van der Waals surface area (Å²) in [6.07, 6.45) is 1.10. The molecule has 0 radical (unpaired) electrons. The summed E-state index contributed by atoms with van der Waals surface area (Å²) >= 11 is 2.36. The number of hydrogen-bond acceptors (Lipinski definition) is 3. The standard InChI is InChI=1S/C8H13IN2O/c1-2-6(4-9)8-3-7(5-10)12-11-8/h3,6H,2,4-5,10H2,1H3. The van der Waals surface area contributed by atoms with E-state index in [0.717, 1.165) is 22.3 Å². The summed E-state index contributed by atoms with van der Waals surface area (Å²) in [5, 5.41) is 3.97. The normalized spacial score (nSPS) is 13.2. The van der Waals surface area contributed by atoms with Crippen LogP contribution in [0.5, 0.6) is 0 Å². The smallest absolute Gasteiger partial charge is 0.150 e. The quantitative estimate of drug-likeness (QED) is 0.678. The van der Waals surface area contributed by atoms with Crippen molar-refractivity contribution in [3.05, 3.63) is 17.5 Å². The van der Waals surface area contributed by atoms with Crippen LogP contribution in [0, 0.1) is 0 Å². The summed E-state index contributed by atoms with van der Waals surface area (Å²) in [6, 6.07) is 1.95. The highest BCUT2D eigenvalue weighted by Crippen LogP contribution is 2.21. The third-order valence-electron chi connectivity index (χ3n) is 1.88. The Balaban J connectivity index is 2.72. The Morgan fingerprint density at radius 1 is 1.75 bits per heavy atom. The minimum atomic E-state index is 0.435. The van der Waals surface area contributed by atoms with Crippen molar-refractivity contribution in [2.75, 3.05) is 4.43 Å². The molecule has 1 aromatic rings. The molecule has 0 amide bonds. The summed E-state index contributed by atoms with van der Waals surface area (Å²) in [6.45, 7) is 2.59. The Hall–Kier alpha value is -0.100. The summed E-state index contributed by atoms with van der Waals surface area (Å²) in [7, 11) is 0. The summed E-state index contributed by atoms with van der Waals surface area (Å²) < 4.78 is 6.09. The van der Waals surface area contributed by atoms with Crippen LogP contribution in [0.15, 0.2) is 10.6 Å². The van der Waals surface area contributed by atoms with E-state index in [9.17, 15) is 0 Å². The molecule has 1 unspecified atom stereocenters. The second kappa shape index (κ2) is 4.81. The number of aromatic nitrogens is 1. The van der Waals surface area contributed by atoms with Gasteiger partial charge in [0.05, 0.1) is 12.2 Å². The van der Waals surface area contributed by atoms with Gasteiger partial charge in [-0.1, -0.05) is 34.7 Å². The average Bonchev–Trinajstić information content (AvgIpc) is 2.55. The van der Waals surface area contributed by atoms with Crippen molar-refractivity contribution in [3.8, 4) is 0 Å². The summed E-state index contributed by atoms with van der Waals surface area (Å²) in [4.78, 5) is 0. The van der Waals surface area contributed by atoms with Crippen LogP contribution in [0.2, 0.25) is 0 Å². The fourth-order valence-corrected chi connectivity index (χ4v) is 2.09. The molecular formula is C8H13IN2O. The first-order chi connectivity index (χ1) is 5.81. The maximum atomic E-state index is 5.41. The molecule has 3 nitrogen and oxygen atoms in total. The van der Waals surface area contributed by atoms with Gasteiger partial charge in [0.25, 0.3) is 0 Å². The molecule has 0 fully saturated rings. The number of nitrogens with zero attached hydrogens (tertiary/aromatic N) is 1. The van der Waals surface area contributed by atoms with Crippen molar-refractivity contribution in [2.24, 2.45) is 5.73 Å². The highest BCUT2D eigenvalue weighted by atomic mass is 127. The third kappa shape index (κ3) is 2.20. The van der Waals surface area contributed by atoms with Crippen molar-refractivity contribution >= 4 is 22.6 Å². The van der Waals surface area contributed by atoms with Crippen LogP contribution in [0.3, 0.4) is 0 Å². The van der Waals surface area contributed by atoms with E-state index in [1.54, 1.807) is 0 Å². The van der Waals surface area contributed by atoms with Crippen molar-refractivity contribution in [2.45, 2.75) is 25.8 Å². The fraction of sp³-hybridized carbons (Fsp3) is 0.625. The van der Waals surface area contributed by atoms with E-state index in [-0.39, 0.29) is 0 Å². The first-order valence-electron chi connectivity index (χ1n) is 4.03. The zero-order valence-electron chi connectivity index (χ0n) is 7.09. The number of hydrogen-bond donors (Lipinski definition) is 1. The zero-order chi connectivity index (χ0) is 8.97. The number of rotatable bonds is 4. The van der Waals surface area contributed by atoms with Gasteiger partial charge in [0.1, 0.15) is 0 Å². The second-order valence-electron chi connectivity index (χ2n) is 2.68. The lowest BCUT2D eigenvalue weighted by atomic mass is 10.1. The minimum absolute atomic E-state index is 0.435. The van der Waals surface area contributed by atoms with Gasteiger partial charge in [-0.05, 0) is 6.42 Å². The van der Waals surface area contributed by atoms with Crippen molar-refractivity contribution in [1.82, 2.24) is 5.16 Å². The molecule has 1 rings (SSSR count). The van der Waals surface area contributed by atoms with Gasteiger partial charge in [0.2, 0.25) is 0 Å². The van der Waals surface area contributed by atoms with E-state index in [2.05, 4.69) is 34.7 Å². The van der Waals surface area contributed by atoms with Crippen molar-refractivity contribution in [1.29, 1.82) is 0 Å². The monoisotopic (exact) mass is 280 g/mol. The second-order valence-corrected chi connectivity index (χ2v) is 3.56. The molecule has 1 heterocycles. The first kappa shape index (κ1) is 9.98. The van der Waals surface area contributed by atoms with Gasteiger partial charge in [0, 0.05) is 16.4 Å². The Morgan fingerprint density at radius 2 is 2.50 bits per heavy atom. The maximum Gasteiger partial charge on any atom is 0.150 e. The SMILES string of the molecule is CCC(CI)c1cc(CN)on1. The molecule has 12 heavy (non-hydrogen) atoms. The van der Waals surface area contributed by atoms with Gasteiger partial charge in [-0.15, -0.1) is 0 Å². The van der Waals surface area contributed by atoms with Crippen LogP contribution >= 0.6 is 22.6 Å². The average molecular weight is 280 g/mol. The van der Waals surface area contributed by atoms with Crippen LogP contribution in [0.25, 0.3) is 0 Å².